The van der Waals surface area contributed by atoms with Crippen molar-refractivity contribution in [3.63, 3.8) is 0 Å². The Hall–Kier alpha value is -2.57. The van der Waals surface area contributed by atoms with Gasteiger partial charge in [-0.25, -0.2) is 0 Å². The maximum absolute atomic E-state index is 12.1. The average molecular weight is 275 g/mol. The molecule has 1 amide bonds. The molecule has 0 aliphatic carbocycles. The monoisotopic (exact) mass is 275 g/mol. The number of carbonyl (C=O) groups is 2. The first-order chi connectivity index (χ1) is 9.57. The molecule has 2 N–H and O–H groups in total. The lowest BCUT2D eigenvalue weighted by atomic mass is 10.0. The van der Waals surface area contributed by atoms with Gasteiger partial charge in [-0.3, -0.25) is 14.7 Å². The number of nitrogens with zero attached hydrogens (tertiary/aromatic N) is 1. The lowest BCUT2D eigenvalue weighted by Crippen LogP contribution is -2.39. The van der Waals surface area contributed by atoms with E-state index in [1.165, 1.54) is 0 Å². The summed E-state index contributed by atoms with van der Waals surface area (Å²) in [6, 6.07) is 5.18. The Morgan fingerprint density at radius 1 is 1.55 bits per heavy atom. The molecule has 7 nitrogen and oxygen atoms in total. The van der Waals surface area contributed by atoms with E-state index in [2.05, 4.69) is 15.5 Å². The quantitative estimate of drug-likeness (QED) is 0.831. The van der Waals surface area contributed by atoms with Gasteiger partial charge in [-0.1, -0.05) is 0 Å². The van der Waals surface area contributed by atoms with Gasteiger partial charge in [0.2, 0.25) is 0 Å². The molecule has 1 fully saturated rings. The molecule has 0 radical (unpaired) electrons. The molecule has 3 rings (SSSR count). The number of carbonyl (C=O) groups excluding carboxylic acids is 2. The minimum Gasteiger partial charge on any atom is -0.463 e. The van der Waals surface area contributed by atoms with Gasteiger partial charge < -0.3 is 14.5 Å². The number of cyclic esters (lactones) is 1. The zero-order valence-corrected chi connectivity index (χ0v) is 10.8. The number of amides is 1. The zero-order valence-electron chi connectivity index (χ0n) is 10.8. The first kappa shape index (κ1) is 12.5. The van der Waals surface area contributed by atoms with Crippen LogP contribution in [0, 0.1) is 0 Å². The third kappa shape index (κ3) is 2.18. The first-order valence-corrected chi connectivity index (χ1v) is 6.19. The van der Waals surface area contributed by atoms with Gasteiger partial charge in [0.15, 0.2) is 17.2 Å². The Balaban J connectivity index is 1.72. The van der Waals surface area contributed by atoms with Crippen molar-refractivity contribution in [2.75, 3.05) is 5.32 Å². The second-order valence-electron chi connectivity index (χ2n) is 4.80. The van der Waals surface area contributed by atoms with Crippen molar-refractivity contribution in [1.29, 1.82) is 0 Å². The number of aromatic amines is 1. The Morgan fingerprint density at radius 2 is 2.40 bits per heavy atom. The third-order valence-corrected chi connectivity index (χ3v) is 3.23. The highest BCUT2D eigenvalue weighted by molar-refractivity contribution is 5.99. The number of hydrogen-bond donors (Lipinski definition) is 2. The summed E-state index contributed by atoms with van der Waals surface area (Å²) in [5, 5.41) is 9.36. The summed E-state index contributed by atoms with van der Waals surface area (Å²) in [4.78, 5) is 23.3. The second-order valence-corrected chi connectivity index (χ2v) is 4.80. The van der Waals surface area contributed by atoms with Crippen molar-refractivity contribution in [3.05, 3.63) is 24.5 Å². The predicted octanol–water partition coefficient (Wildman–Crippen LogP) is 1.70. The Labute approximate surface area is 114 Å². The molecule has 1 unspecified atom stereocenters. The van der Waals surface area contributed by atoms with E-state index in [4.69, 9.17) is 9.15 Å². The molecule has 1 saturated heterocycles. The van der Waals surface area contributed by atoms with Gasteiger partial charge in [-0.2, -0.15) is 5.10 Å². The number of anilines is 1. The first-order valence-electron chi connectivity index (χ1n) is 6.19. The summed E-state index contributed by atoms with van der Waals surface area (Å²) in [7, 11) is 0. The lowest BCUT2D eigenvalue weighted by Gasteiger charge is -2.20. The molecule has 1 aliphatic rings. The molecule has 7 heteroatoms. The number of aromatic nitrogens is 2. The topological polar surface area (TPSA) is 97.2 Å². The van der Waals surface area contributed by atoms with Crippen LogP contribution in [0.5, 0.6) is 0 Å². The minimum atomic E-state index is -1.12. The standard InChI is InChI=1S/C13H13N3O4/c1-13(5-4-11(17)20-13)12(18)14-10-7-8(15-16-10)9-3-2-6-19-9/h2-3,6-7H,4-5H2,1H3,(H2,14,15,16,18). The van der Waals surface area contributed by atoms with Crippen molar-refractivity contribution in [2.24, 2.45) is 0 Å². The molecule has 0 spiro atoms. The van der Waals surface area contributed by atoms with E-state index in [1.54, 1.807) is 31.4 Å². The highest BCUT2D eigenvalue weighted by Crippen LogP contribution is 2.28. The van der Waals surface area contributed by atoms with Crippen LogP contribution in [0.1, 0.15) is 19.8 Å². The number of rotatable bonds is 3. The molecule has 2 aromatic heterocycles. The Kier molecular flexibility index (Phi) is 2.81. The van der Waals surface area contributed by atoms with E-state index < -0.39 is 5.60 Å². The van der Waals surface area contributed by atoms with Crippen molar-refractivity contribution >= 4 is 17.7 Å². The molecule has 1 atom stereocenters. The predicted molar refractivity (Wildman–Crippen MR) is 68.7 cm³/mol. The number of H-pyrrole nitrogens is 1. The van der Waals surface area contributed by atoms with Gasteiger partial charge in [0.1, 0.15) is 5.69 Å². The van der Waals surface area contributed by atoms with E-state index in [0.29, 0.717) is 23.7 Å². The maximum Gasteiger partial charge on any atom is 0.307 e. The van der Waals surface area contributed by atoms with Crippen molar-refractivity contribution < 1.29 is 18.7 Å². The largest absolute Gasteiger partial charge is 0.463 e. The van der Waals surface area contributed by atoms with E-state index in [0.717, 1.165) is 0 Å². The molecule has 104 valence electrons. The molecular weight excluding hydrogens is 262 g/mol. The summed E-state index contributed by atoms with van der Waals surface area (Å²) >= 11 is 0. The Bertz CT molecular complexity index is 646. The van der Waals surface area contributed by atoms with Crippen LogP contribution in [0.2, 0.25) is 0 Å². The van der Waals surface area contributed by atoms with Crippen LogP contribution in [-0.4, -0.2) is 27.7 Å². The van der Waals surface area contributed by atoms with Crippen LogP contribution in [0.4, 0.5) is 5.82 Å². The summed E-state index contributed by atoms with van der Waals surface area (Å²) < 4.78 is 10.3. The van der Waals surface area contributed by atoms with Crippen LogP contribution in [0.3, 0.4) is 0 Å². The van der Waals surface area contributed by atoms with E-state index >= 15 is 0 Å². The number of furan rings is 1. The van der Waals surface area contributed by atoms with E-state index in [-0.39, 0.29) is 18.3 Å². The third-order valence-electron chi connectivity index (χ3n) is 3.23. The smallest absolute Gasteiger partial charge is 0.307 e. The van der Waals surface area contributed by atoms with Gasteiger partial charge in [0, 0.05) is 18.9 Å². The van der Waals surface area contributed by atoms with Gasteiger partial charge in [0.25, 0.3) is 5.91 Å². The number of hydrogen-bond acceptors (Lipinski definition) is 5. The fourth-order valence-electron chi connectivity index (χ4n) is 2.05. The average Bonchev–Trinajstić information content (AvgIpc) is 3.10. The van der Waals surface area contributed by atoms with Gasteiger partial charge in [-0.15, -0.1) is 0 Å². The highest BCUT2D eigenvalue weighted by atomic mass is 16.6. The summed E-state index contributed by atoms with van der Waals surface area (Å²) in [6.45, 7) is 1.59. The minimum absolute atomic E-state index is 0.252. The molecule has 0 saturated carbocycles. The highest BCUT2D eigenvalue weighted by Gasteiger charge is 2.43. The van der Waals surface area contributed by atoms with Crippen LogP contribution in [0.25, 0.3) is 11.5 Å². The van der Waals surface area contributed by atoms with Gasteiger partial charge in [0.05, 0.1) is 6.26 Å². The molecular formula is C13H13N3O4. The van der Waals surface area contributed by atoms with Crippen molar-refractivity contribution in [3.8, 4) is 11.5 Å². The van der Waals surface area contributed by atoms with Crippen LogP contribution < -0.4 is 5.32 Å². The summed E-state index contributed by atoms with van der Waals surface area (Å²) in [5.74, 6) is 0.226. The molecule has 20 heavy (non-hydrogen) atoms. The summed E-state index contributed by atoms with van der Waals surface area (Å²) in [6.07, 6.45) is 2.17. The van der Waals surface area contributed by atoms with Crippen LogP contribution >= 0.6 is 0 Å². The van der Waals surface area contributed by atoms with Crippen molar-refractivity contribution in [2.45, 2.75) is 25.4 Å². The fraction of sp³-hybridized carbons (Fsp3) is 0.308. The van der Waals surface area contributed by atoms with Crippen LogP contribution in [0.15, 0.2) is 28.9 Å². The number of nitrogens with one attached hydrogen (secondary N) is 2. The number of ether oxygens (including phenoxy) is 1. The fourth-order valence-corrected chi connectivity index (χ4v) is 2.05. The van der Waals surface area contributed by atoms with Gasteiger partial charge >= 0.3 is 5.97 Å². The molecule has 2 aromatic rings. The van der Waals surface area contributed by atoms with Gasteiger partial charge in [-0.05, 0) is 19.1 Å². The molecule has 1 aliphatic heterocycles. The summed E-state index contributed by atoms with van der Waals surface area (Å²) in [5.41, 5.74) is -0.472. The maximum atomic E-state index is 12.1. The number of esters is 1. The molecule has 0 aromatic carbocycles. The zero-order chi connectivity index (χ0) is 14.2. The SMILES string of the molecule is CC1(C(=O)Nc2cc(-c3ccco3)[nH]n2)CCC(=O)O1. The molecule has 3 heterocycles. The normalized spacial score (nSPS) is 21.8. The van der Waals surface area contributed by atoms with Crippen molar-refractivity contribution in [1.82, 2.24) is 10.2 Å². The van der Waals surface area contributed by atoms with Crippen LogP contribution in [-0.2, 0) is 14.3 Å². The second kappa shape index (κ2) is 4.52. The lowest BCUT2D eigenvalue weighted by molar-refractivity contribution is -0.154. The van der Waals surface area contributed by atoms with E-state index in [9.17, 15) is 9.59 Å². The van der Waals surface area contributed by atoms with E-state index in [1.807, 2.05) is 0 Å². The Morgan fingerprint density at radius 3 is 3.05 bits per heavy atom. The molecule has 0 bridgehead atoms.